The summed E-state index contributed by atoms with van der Waals surface area (Å²) in [6.45, 7) is 14.5. The van der Waals surface area contributed by atoms with Crippen LogP contribution in [-0.4, -0.2) is 52.4 Å². The molecule has 2 rings (SSSR count). The molecule has 0 aromatic carbocycles. The average Bonchev–Trinajstić information content (AvgIpc) is 2.72. The van der Waals surface area contributed by atoms with E-state index in [1.54, 1.807) is 11.3 Å². The first-order chi connectivity index (χ1) is 9.43. The molecule has 110 valence electrons. The number of thiazole rings is 1. The number of carbonyl (C=O) groups is 1. The molecule has 0 N–H and O–H groups in total. The van der Waals surface area contributed by atoms with Crippen molar-refractivity contribution < 1.29 is 4.79 Å². The second kappa shape index (κ2) is 6.06. The van der Waals surface area contributed by atoms with Crippen molar-refractivity contribution in [2.24, 2.45) is 0 Å². The van der Waals surface area contributed by atoms with Crippen molar-refractivity contribution in [3.63, 3.8) is 0 Å². The Morgan fingerprint density at radius 3 is 2.65 bits per heavy atom. The molecule has 1 aromatic rings. The summed E-state index contributed by atoms with van der Waals surface area (Å²) in [7, 11) is 0. The zero-order valence-corrected chi connectivity index (χ0v) is 13.5. The Balaban J connectivity index is 2.15. The monoisotopic (exact) mass is 293 g/mol. The average molecular weight is 293 g/mol. The van der Waals surface area contributed by atoms with Crippen molar-refractivity contribution in [2.75, 3.05) is 19.6 Å². The minimum absolute atomic E-state index is 0.0736. The van der Waals surface area contributed by atoms with Crippen LogP contribution in [0.25, 0.3) is 0 Å². The molecule has 4 nitrogen and oxygen atoms in total. The lowest BCUT2D eigenvalue weighted by molar-refractivity contribution is 0.0350. The van der Waals surface area contributed by atoms with Gasteiger partial charge in [0.2, 0.25) is 0 Å². The molecule has 1 saturated heterocycles. The van der Waals surface area contributed by atoms with E-state index in [2.05, 4.69) is 30.3 Å². The molecule has 0 saturated carbocycles. The number of rotatable bonds is 3. The van der Waals surface area contributed by atoms with Gasteiger partial charge in [0.1, 0.15) is 5.69 Å². The normalized spacial score (nSPS) is 23.9. The zero-order valence-electron chi connectivity index (χ0n) is 12.7. The zero-order chi connectivity index (χ0) is 14.9. The lowest BCUT2D eigenvalue weighted by Crippen LogP contribution is -2.58. The van der Waals surface area contributed by atoms with Gasteiger partial charge in [0.15, 0.2) is 0 Å². The van der Waals surface area contributed by atoms with Gasteiger partial charge in [-0.05, 0) is 27.7 Å². The summed E-state index contributed by atoms with van der Waals surface area (Å²) in [5, 5.41) is 0.955. The maximum Gasteiger partial charge on any atom is 0.273 e. The summed E-state index contributed by atoms with van der Waals surface area (Å²) in [5.41, 5.74) is 0.628. The maximum absolute atomic E-state index is 12.7. The first-order valence-electron chi connectivity index (χ1n) is 7.04. The molecule has 1 aliphatic rings. The van der Waals surface area contributed by atoms with E-state index in [4.69, 9.17) is 0 Å². The third-order valence-electron chi connectivity index (χ3n) is 3.85. The number of hydrogen-bond acceptors (Lipinski definition) is 4. The number of nitrogens with zero attached hydrogens (tertiary/aromatic N) is 3. The number of hydrogen-bond donors (Lipinski definition) is 0. The third kappa shape index (κ3) is 2.94. The summed E-state index contributed by atoms with van der Waals surface area (Å²) >= 11 is 1.59. The van der Waals surface area contributed by atoms with E-state index < -0.39 is 0 Å². The van der Waals surface area contributed by atoms with Crippen LogP contribution in [0, 0.1) is 13.8 Å². The quantitative estimate of drug-likeness (QED) is 0.803. The fourth-order valence-corrected chi connectivity index (χ4v) is 3.57. The first-order valence-corrected chi connectivity index (χ1v) is 7.85. The highest BCUT2D eigenvalue weighted by Gasteiger charge is 2.33. The Hall–Kier alpha value is -1.20. The molecule has 2 heterocycles. The van der Waals surface area contributed by atoms with Crippen molar-refractivity contribution in [2.45, 2.75) is 39.8 Å². The van der Waals surface area contributed by atoms with Crippen LogP contribution < -0.4 is 0 Å². The van der Waals surface area contributed by atoms with Crippen molar-refractivity contribution in [1.82, 2.24) is 14.8 Å². The van der Waals surface area contributed by atoms with Crippen molar-refractivity contribution in [3.8, 4) is 0 Å². The largest absolute Gasteiger partial charge is 0.332 e. The number of aromatic nitrogens is 1. The van der Waals surface area contributed by atoms with Crippen LogP contribution in [0.3, 0.4) is 0 Å². The van der Waals surface area contributed by atoms with Crippen LogP contribution in [0.1, 0.15) is 34.2 Å². The molecular formula is C15H23N3OS. The van der Waals surface area contributed by atoms with Crippen LogP contribution in [0.5, 0.6) is 0 Å². The molecule has 0 unspecified atom stereocenters. The van der Waals surface area contributed by atoms with Gasteiger partial charge < -0.3 is 4.90 Å². The van der Waals surface area contributed by atoms with Crippen LogP contribution in [0.15, 0.2) is 12.7 Å². The highest BCUT2D eigenvalue weighted by Crippen LogP contribution is 2.22. The van der Waals surface area contributed by atoms with E-state index in [9.17, 15) is 4.79 Å². The van der Waals surface area contributed by atoms with Gasteiger partial charge in [-0.25, -0.2) is 4.98 Å². The van der Waals surface area contributed by atoms with Gasteiger partial charge in [0, 0.05) is 36.6 Å². The Labute approximate surface area is 125 Å². The van der Waals surface area contributed by atoms with Crippen molar-refractivity contribution >= 4 is 17.2 Å². The molecule has 1 aliphatic heterocycles. The molecule has 0 radical (unpaired) electrons. The smallest absolute Gasteiger partial charge is 0.273 e. The highest BCUT2D eigenvalue weighted by molar-refractivity contribution is 7.11. The van der Waals surface area contributed by atoms with Crippen LogP contribution in [0.2, 0.25) is 0 Å². The molecule has 0 bridgehead atoms. The van der Waals surface area contributed by atoms with Gasteiger partial charge in [-0.2, -0.15) is 0 Å². The molecule has 1 amide bonds. The molecule has 0 spiro atoms. The van der Waals surface area contributed by atoms with Crippen LogP contribution in [0.4, 0.5) is 0 Å². The summed E-state index contributed by atoms with van der Waals surface area (Å²) < 4.78 is 0. The lowest BCUT2D eigenvalue weighted by Gasteiger charge is -2.43. The summed E-state index contributed by atoms with van der Waals surface area (Å²) in [6.07, 6.45) is 1.93. The molecule has 5 heteroatoms. The maximum atomic E-state index is 12.7. The lowest BCUT2D eigenvalue weighted by atomic mass is 10.1. The predicted octanol–water partition coefficient (Wildman–Crippen LogP) is 2.48. The van der Waals surface area contributed by atoms with Gasteiger partial charge in [-0.3, -0.25) is 9.69 Å². The Kier molecular flexibility index (Phi) is 4.60. The Morgan fingerprint density at radius 1 is 1.40 bits per heavy atom. The predicted molar refractivity (Wildman–Crippen MR) is 83.3 cm³/mol. The van der Waals surface area contributed by atoms with E-state index in [1.165, 1.54) is 0 Å². The third-order valence-corrected chi connectivity index (χ3v) is 4.73. The first kappa shape index (κ1) is 15.2. The van der Waals surface area contributed by atoms with E-state index in [0.717, 1.165) is 29.5 Å². The van der Waals surface area contributed by atoms with Gasteiger partial charge in [0.05, 0.1) is 5.01 Å². The summed E-state index contributed by atoms with van der Waals surface area (Å²) in [4.78, 5) is 22.4. The van der Waals surface area contributed by atoms with Crippen molar-refractivity contribution in [1.29, 1.82) is 0 Å². The second-order valence-electron chi connectivity index (χ2n) is 5.54. The molecule has 1 aromatic heterocycles. The SMILES string of the molecule is C=CCN1C[C@@H](C)N(C(=O)c2nc(C)sc2C)C[C@H]1C. The van der Waals surface area contributed by atoms with Gasteiger partial charge >= 0.3 is 0 Å². The van der Waals surface area contributed by atoms with Gasteiger partial charge in [-0.15, -0.1) is 17.9 Å². The summed E-state index contributed by atoms with van der Waals surface area (Å²) in [5.74, 6) is 0.0736. The minimum atomic E-state index is 0.0736. The highest BCUT2D eigenvalue weighted by atomic mass is 32.1. The molecule has 1 fully saturated rings. The number of aryl methyl sites for hydroxylation is 2. The van der Waals surface area contributed by atoms with E-state index in [-0.39, 0.29) is 11.9 Å². The topological polar surface area (TPSA) is 36.4 Å². The van der Waals surface area contributed by atoms with E-state index in [1.807, 2.05) is 24.8 Å². The van der Waals surface area contributed by atoms with E-state index in [0.29, 0.717) is 11.7 Å². The fraction of sp³-hybridized carbons (Fsp3) is 0.600. The molecule has 20 heavy (non-hydrogen) atoms. The molecule has 0 aliphatic carbocycles. The number of carbonyl (C=O) groups excluding carboxylic acids is 1. The van der Waals surface area contributed by atoms with E-state index >= 15 is 0 Å². The fourth-order valence-electron chi connectivity index (χ4n) is 2.76. The van der Waals surface area contributed by atoms with Crippen LogP contribution in [-0.2, 0) is 0 Å². The second-order valence-corrected chi connectivity index (χ2v) is 6.94. The minimum Gasteiger partial charge on any atom is -0.332 e. The molecular weight excluding hydrogens is 270 g/mol. The van der Waals surface area contributed by atoms with Crippen LogP contribution >= 0.6 is 11.3 Å². The number of amides is 1. The standard InChI is InChI=1S/C15H23N3OS/c1-6-7-17-8-11(3)18(9-10(17)2)15(19)14-12(4)20-13(5)16-14/h6,10-11H,1,7-9H2,2-5H3/t10-,11-/m1/s1. The Morgan fingerprint density at radius 2 is 2.10 bits per heavy atom. The van der Waals surface area contributed by atoms with Gasteiger partial charge in [-0.1, -0.05) is 6.08 Å². The van der Waals surface area contributed by atoms with Crippen molar-refractivity contribution in [3.05, 3.63) is 28.2 Å². The Bertz CT molecular complexity index is 511. The van der Waals surface area contributed by atoms with Gasteiger partial charge in [0.25, 0.3) is 5.91 Å². The summed E-state index contributed by atoms with van der Waals surface area (Å²) in [6, 6.07) is 0.563. The number of piperazine rings is 1. The molecule has 2 atom stereocenters.